The summed E-state index contributed by atoms with van der Waals surface area (Å²) in [7, 11) is 0. The van der Waals surface area contributed by atoms with Crippen LogP contribution in [0, 0.1) is 0 Å². The van der Waals surface area contributed by atoms with Crippen LogP contribution in [0.3, 0.4) is 0 Å². The molecule has 1 heterocycles. The Kier molecular flexibility index (Phi) is 15.1. The summed E-state index contributed by atoms with van der Waals surface area (Å²) in [6, 6.07) is 9.46. The lowest BCUT2D eigenvalue weighted by atomic mass is 10.2. The standard InChI is InChI=1S/C34H57N5O8/c1-32(2,3)45-29(41)37-20-18-36(17-13-16-35-28(40)44-26-27-14-11-10-12-15-27)19-21-38(30(42)46-33(4,5)6)23-25-39(24-22-37)31(43)47-34(7,8)9/h10-12,14-15H,13,16-26H2,1-9H3,(H,35,40). The zero-order chi connectivity index (χ0) is 35.3. The molecule has 1 aromatic rings. The highest BCUT2D eigenvalue weighted by Crippen LogP contribution is 2.15. The summed E-state index contributed by atoms with van der Waals surface area (Å²) in [6.07, 6.45) is -1.36. The summed E-state index contributed by atoms with van der Waals surface area (Å²) < 4.78 is 22.3. The Morgan fingerprint density at radius 2 is 1.00 bits per heavy atom. The van der Waals surface area contributed by atoms with Crippen LogP contribution < -0.4 is 5.32 Å². The van der Waals surface area contributed by atoms with E-state index >= 15 is 0 Å². The SMILES string of the molecule is CC(C)(C)OC(=O)N1CCN(CCCNC(=O)OCc2ccccc2)CCN(C(=O)OC(C)(C)C)CCN(C(=O)OC(C)(C)C)CC1. The van der Waals surface area contributed by atoms with Gasteiger partial charge >= 0.3 is 24.4 Å². The van der Waals surface area contributed by atoms with Gasteiger partial charge in [0.2, 0.25) is 0 Å². The fraction of sp³-hybridized carbons (Fsp3) is 0.706. The van der Waals surface area contributed by atoms with E-state index < -0.39 is 41.2 Å². The van der Waals surface area contributed by atoms with Crippen LogP contribution in [0.5, 0.6) is 0 Å². The lowest BCUT2D eigenvalue weighted by molar-refractivity contribution is 0.00469. The van der Waals surface area contributed by atoms with E-state index in [0.29, 0.717) is 45.7 Å². The summed E-state index contributed by atoms with van der Waals surface area (Å²) in [5.41, 5.74) is -1.20. The molecule has 0 aliphatic carbocycles. The quantitative estimate of drug-likeness (QED) is 0.317. The van der Waals surface area contributed by atoms with Crippen molar-refractivity contribution in [3.8, 4) is 0 Å². The van der Waals surface area contributed by atoms with Gasteiger partial charge in [-0.05, 0) is 80.8 Å². The van der Waals surface area contributed by atoms with Crippen LogP contribution in [0.2, 0.25) is 0 Å². The molecule has 13 nitrogen and oxygen atoms in total. The second-order valence-electron chi connectivity index (χ2n) is 14.6. The van der Waals surface area contributed by atoms with E-state index in [9.17, 15) is 19.2 Å². The first-order chi connectivity index (χ1) is 21.8. The van der Waals surface area contributed by atoms with Crippen molar-refractivity contribution in [2.45, 2.75) is 92.1 Å². The molecule has 13 heteroatoms. The number of nitrogens with one attached hydrogen (secondary N) is 1. The van der Waals surface area contributed by atoms with Crippen molar-refractivity contribution >= 4 is 24.4 Å². The summed E-state index contributed by atoms with van der Waals surface area (Å²) in [4.78, 5) is 58.8. The summed E-state index contributed by atoms with van der Waals surface area (Å²) in [6.45, 7) is 19.8. The number of amides is 4. The summed E-state index contributed by atoms with van der Waals surface area (Å²) in [5, 5.41) is 2.79. The highest BCUT2D eigenvalue weighted by molar-refractivity contribution is 5.70. The van der Waals surface area contributed by atoms with Crippen LogP contribution in [0.1, 0.15) is 74.3 Å². The molecule has 1 fully saturated rings. The van der Waals surface area contributed by atoms with Gasteiger partial charge in [0, 0.05) is 58.9 Å². The van der Waals surface area contributed by atoms with E-state index in [1.165, 1.54) is 4.90 Å². The molecule has 0 aromatic heterocycles. The van der Waals surface area contributed by atoms with Gasteiger partial charge in [0.05, 0.1) is 0 Å². The number of hydrogen-bond acceptors (Lipinski definition) is 9. The highest BCUT2D eigenvalue weighted by Gasteiger charge is 2.29. The average Bonchev–Trinajstić information content (AvgIpc) is 2.93. The van der Waals surface area contributed by atoms with Crippen LogP contribution in [0.4, 0.5) is 19.2 Å². The fourth-order valence-corrected chi connectivity index (χ4v) is 4.47. The van der Waals surface area contributed by atoms with Crippen molar-refractivity contribution in [3.05, 3.63) is 35.9 Å². The number of carbonyl (C=O) groups is 4. The van der Waals surface area contributed by atoms with E-state index in [0.717, 1.165) is 5.56 Å². The molecule has 1 aliphatic rings. The van der Waals surface area contributed by atoms with E-state index in [-0.39, 0.29) is 32.8 Å². The van der Waals surface area contributed by atoms with Gasteiger partial charge in [0.15, 0.2) is 0 Å². The smallest absolute Gasteiger partial charge is 0.410 e. The van der Waals surface area contributed by atoms with Crippen LogP contribution >= 0.6 is 0 Å². The van der Waals surface area contributed by atoms with E-state index in [2.05, 4.69) is 10.2 Å². The lowest BCUT2D eigenvalue weighted by Gasteiger charge is -2.35. The number of benzene rings is 1. The first kappa shape index (κ1) is 39.4. The van der Waals surface area contributed by atoms with Crippen molar-refractivity contribution in [2.75, 3.05) is 65.4 Å². The predicted octanol–water partition coefficient (Wildman–Crippen LogP) is 5.33. The van der Waals surface area contributed by atoms with Crippen molar-refractivity contribution in [1.29, 1.82) is 0 Å². The maximum absolute atomic E-state index is 13.2. The Hall–Kier alpha value is -3.74. The minimum absolute atomic E-state index is 0.186. The van der Waals surface area contributed by atoms with Gasteiger partial charge in [-0.3, -0.25) is 4.90 Å². The molecule has 0 atom stereocenters. The molecule has 1 aliphatic heterocycles. The lowest BCUT2D eigenvalue weighted by Crippen LogP contribution is -2.51. The summed E-state index contributed by atoms with van der Waals surface area (Å²) >= 11 is 0. The van der Waals surface area contributed by atoms with Crippen molar-refractivity contribution < 1.29 is 38.1 Å². The maximum atomic E-state index is 13.2. The highest BCUT2D eigenvalue weighted by atomic mass is 16.6. The van der Waals surface area contributed by atoms with Crippen molar-refractivity contribution in [3.63, 3.8) is 0 Å². The second kappa shape index (κ2) is 18.0. The molecule has 0 saturated carbocycles. The Bertz CT molecular complexity index is 1100. The average molecular weight is 664 g/mol. The molecule has 0 radical (unpaired) electrons. The van der Waals surface area contributed by atoms with Gasteiger partial charge < -0.3 is 39.0 Å². The van der Waals surface area contributed by atoms with Crippen LogP contribution in [-0.4, -0.2) is 126 Å². The minimum atomic E-state index is -0.718. The van der Waals surface area contributed by atoms with Crippen LogP contribution in [-0.2, 0) is 25.6 Å². The van der Waals surface area contributed by atoms with Gasteiger partial charge in [0.1, 0.15) is 23.4 Å². The Morgan fingerprint density at radius 1 is 0.617 bits per heavy atom. The van der Waals surface area contributed by atoms with Gasteiger partial charge in [-0.15, -0.1) is 0 Å². The third-order valence-corrected chi connectivity index (χ3v) is 6.74. The number of nitrogens with zero attached hydrogens (tertiary/aromatic N) is 4. The third kappa shape index (κ3) is 17.1. The first-order valence-electron chi connectivity index (χ1n) is 16.4. The summed E-state index contributed by atoms with van der Waals surface area (Å²) in [5.74, 6) is 0. The van der Waals surface area contributed by atoms with Crippen molar-refractivity contribution in [1.82, 2.24) is 24.9 Å². The largest absolute Gasteiger partial charge is 0.445 e. The number of rotatable bonds is 6. The fourth-order valence-electron chi connectivity index (χ4n) is 4.47. The number of carbonyl (C=O) groups excluding carboxylic acids is 4. The molecule has 1 N–H and O–H groups in total. The molecule has 1 aromatic carbocycles. The molecular weight excluding hydrogens is 606 g/mol. The zero-order valence-corrected chi connectivity index (χ0v) is 29.9. The Morgan fingerprint density at radius 3 is 1.38 bits per heavy atom. The molecule has 266 valence electrons. The zero-order valence-electron chi connectivity index (χ0n) is 29.9. The van der Waals surface area contributed by atoms with Crippen LogP contribution in [0.25, 0.3) is 0 Å². The molecule has 4 amide bonds. The maximum Gasteiger partial charge on any atom is 0.410 e. The van der Waals surface area contributed by atoms with E-state index in [1.807, 2.05) is 71.9 Å². The topological polar surface area (TPSA) is 130 Å². The van der Waals surface area contributed by atoms with Gasteiger partial charge in [-0.25, -0.2) is 19.2 Å². The number of alkyl carbamates (subject to hydrolysis) is 1. The van der Waals surface area contributed by atoms with Crippen molar-refractivity contribution in [2.24, 2.45) is 0 Å². The van der Waals surface area contributed by atoms with Gasteiger partial charge in [-0.2, -0.15) is 0 Å². The minimum Gasteiger partial charge on any atom is -0.445 e. The molecule has 0 unspecified atom stereocenters. The predicted molar refractivity (Wildman–Crippen MR) is 179 cm³/mol. The molecule has 47 heavy (non-hydrogen) atoms. The molecular formula is C34H57N5O8. The Balaban J connectivity index is 2.16. The van der Waals surface area contributed by atoms with E-state index in [1.54, 1.807) is 30.6 Å². The third-order valence-electron chi connectivity index (χ3n) is 6.74. The Labute approximate surface area is 280 Å². The molecule has 1 saturated heterocycles. The molecule has 0 spiro atoms. The first-order valence-corrected chi connectivity index (χ1v) is 16.4. The van der Waals surface area contributed by atoms with Crippen LogP contribution in [0.15, 0.2) is 30.3 Å². The van der Waals surface area contributed by atoms with E-state index in [4.69, 9.17) is 18.9 Å². The number of hydrogen-bond donors (Lipinski definition) is 1. The van der Waals surface area contributed by atoms with Gasteiger partial charge in [-0.1, -0.05) is 30.3 Å². The monoisotopic (exact) mass is 663 g/mol. The molecule has 0 bridgehead atoms. The normalized spacial score (nSPS) is 16.0. The second-order valence-corrected chi connectivity index (χ2v) is 14.6. The van der Waals surface area contributed by atoms with Gasteiger partial charge in [0.25, 0.3) is 0 Å². The number of ether oxygens (including phenoxy) is 4. The molecule has 2 rings (SSSR count).